The smallest absolute Gasteiger partial charge is 0.272 e. The van der Waals surface area contributed by atoms with E-state index in [0.29, 0.717) is 23.6 Å². The molecular weight excluding hydrogens is 342 g/mol. The van der Waals surface area contributed by atoms with Crippen molar-refractivity contribution < 1.29 is 14.3 Å². The summed E-state index contributed by atoms with van der Waals surface area (Å²) in [5.41, 5.74) is 2.21. The molecule has 1 aliphatic rings. The predicted octanol–water partition coefficient (Wildman–Crippen LogP) is 3.71. The highest BCUT2D eigenvalue weighted by Gasteiger charge is 2.25. The molecule has 1 fully saturated rings. The number of carbonyl (C=O) groups excluding carboxylic acids is 2. The first kappa shape index (κ1) is 17.1. The minimum Gasteiger partial charge on any atom is -0.494 e. The molecule has 0 aliphatic heterocycles. The predicted molar refractivity (Wildman–Crippen MR) is 104 cm³/mol. The fourth-order valence-corrected chi connectivity index (χ4v) is 2.96. The minimum absolute atomic E-state index is 0.161. The van der Waals surface area contributed by atoms with Gasteiger partial charge in [0.25, 0.3) is 11.8 Å². The van der Waals surface area contributed by atoms with Crippen LogP contribution in [-0.4, -0.2) is 29.4 Å². The number of anilines is 1. The van der Waals surface area contributed by atoms with Crippen LogP contribution in [0, 0.1) is 0 Å². The van der Waals surface area contributed by atoms with Gasteiger partial charge >= 0.3 is 0 Å². The lowest BCUT2D eigenvalue weighted by Gasteiger charge is -2.10. The van der Waals surface area contributed by atoms with E-state index in [1.54, 1.807) is 30.3 Å². The zero-order valence-electron chi connectivity index (χ0n) is 15.0. The number of aromatic nitrogens is 1. The Bertz CT molecular complexity index is 1000. The van der Waals surface area contributed by atoms with E-state index in [-0.39, 0.29) is 17.9 Å². The molecule has 6 heteroatoms. The topological polar surface area (TPSA) is 83.2 Å². The monoisotopic (exact) mass is 363 g/mol. The van der Waals surface area contributed by atoms with Crippen molar-refractivity contribution in [2.24, 2.45) is 0 Å². The molecule has 2 amide bonds. The van der Waals surface area contributed by atoms with Gasteiger partial charge in [0.15, 0.2) is 0 Å². The Morgan fingerprint density at radius 2 is 1.93 bits per heavy atom. The number of fused-ring (bicyclic) bond motifs is 1. The first-order valence-electron chi connectivity index (χ1n) is 9.11. The Morgan fingerprint density at radius 3 is 2.70 bits per heavy atom. The van der Waals surface area contributed by atoms with Gasteiger partial charge in [-0.15, -0.1) is 0 Å². The maximum atomic E-state index is 12.7. The Morgan fingerprint density at radius 1 is 1.11 bits per heavy atom. The van der Waals surface area contributed by atoms with Crippen LogP contribution in [0.15, 0.2) is 48.5 Å². The molecule has 2 aromatic carbocycles. The lowest BCUT2D eigenvalue weighted by molar-refractivity contribution is 0.0952. The lowest BCUT2D eigenvalue weighted by Crippen LogP contribution is -2.27. The summed E-state index contributed by atoms with van der Waals surface area (Å²) in [6.45, 7) is 2.51. The molecule has 0 spiro atoms. The number of amides is 2. The van der Waals surface area contributed by atoms with Gasteiger partial charge in [-0.2, -0.15) is 0 Å². The maximum absolute atomic E-state index is 12.7. The van der Waals surface area contributed by atoms with Crippen molar-refractivity contribution in [1.82, 2.24) is 10.3 Å². The third kappa shape index (κ3) is 3.79. The van der Waals surface area contributed by atoms with Crippen LogP contribution in [-0.2, 0) is 0 Å². The minimum atomic E-state index is -0.296. The largest absolute Gasteiger partial charge is 0.494 e. The van der Waals surface area contributed by atoms with E-state index in [4.69, 9.17) is 4.74 Å². The molecule has 1 heterocycles. The first-order chi connectivity index (χ1) is 13.1. The van der Waals surface area contributed by atoms with Gasteiger partial charge in [-0.05, 0) is 50.1 Å². The van der Waals surface area contributed by atoms with E-state index < -0.39 is 0 Å². The molecule has 0 radical (unpaired) electrons. The number of aromatic amines is 1. The fraction of sp³-hybridized carbons (Fsp3) is 0.238. The summed E-state index contributed by atoms with van der Waals surface area (Å²) >= 11 is 0. The van der Waals surface area contributed by atoms with Crippen LogP contribution in [0.2, 0.25) is 0 Å². The van der Waals surface area contributed by atoms with Crippen LogP contribution < -0.4 is 15.4 Å². The van der Waals surface area contributed by atoms with Gasteiger partial charge in [0, 0.05) is 23.0 Å². The van der Waals surface area contributed by atoms with Crippen LogP contribution in [0.3, 0.4) is 0 Å². The summed E-state index contributed by atoms with van der Waals surface area (Å²) in [7, 11) is 0. The van der Waals surface area contributed by atoms with Crippen LogP contribution in [0.5, 0.6) is 5.75 Å². The number of para-hydroxylation sites is 1. The van der Waals surface area contributed by atoms with E-state index in [9.17, 15) is 9.59 Å². The normalized spacial score (nSPS) is 13.4. The summed E-state index contributed by atoms with van der Waals surface area (Å²) < 4.78 is 5.49. The second kappa shape index (κ2) is 7.15. The summed E-state index contributed by atoms with van der Waals surface area (Å²) in [6, 6.07) is 14.7. The van der Waals surface area contributed by atoms with Crippen molar-refractivity contribution in [2.75, 3.05) is 11.9 Å². The van der Waals surface area contributed by atoms with E-state index in [1.807, 2.05) is 25.1 Å². The van der Waals surface area contributed by atoms with E-state index in [2.05, 4.69) is 15.6 Å². The van der Waals surface area contributed by atoms with Crippen molar-refractivity contribution in [1.29, 1.82) is 0 Å². The average molecular weight is 363 g/mol. The Balaban J connectivity index is 1.55. The number of rotatable bonds is 6. The highest BCUT2D eigenvalue weighted by Crippen LogP contribution is 2.24. The van der Waals surface area contributed by atoms with E-state index >= 15 is 0 Å². The Kier molecular flexibility index (Phi) is 4.54. The number of H-pyrrole nitrogens is 1. The number of nitrogens with one attached hydrogen (secondary N) is 3. The average Bonchev–Trinajstić information content (AvgIpc) is 3.37. The molecule has 27 heavy (non-hydrogen) atoms. The molecule has 0 saturated heterocycles. The highest BCUT2D eigenvalue weighted by atomic mass is 16.5. The van der Waals surface area contributed by atoms with Gasteiger partial charge in [-0.1, -0.05) is 12.1 Å². The Hall–Kier alpha value is -3.28. The molecule has 6 nitrogen and oxygen atoms in total. The summed E-state index contributed by atoms with van der Waals surface area (Å²) in [5, 5.41) is 6.71. The number of hydrogen-bond donors (Lipinski definition) is 3. The summed E-state index contributed by atoms with van der Waals surface area (Å²) in [4.78, 5) is 28.2. The first-order valence-corrected chi connectivity index (χ1v) is 9.11. The molecule has 4 rings (SSSR count). The lowest BCUT2D eigenvalue weighted by atomic mass is 10.1. The second-order valence-electron chi connectivity index (χ2n) is 6.61. The van der Waals surface area contributed by atoms with Gasteiger partial charge in [0.2, 0.25) is 0 Å². The van der Waals surface area contributed by atoms with Crippen molar-refractivity contribution in [3.8, 4) is 5.75 Å². The fourth-order valence-electron chi connectivity index (χ4n) is 2.96. The standard InChI is InChI=1S/C21H21N3O3/c1-2-27-15-10-7-13-11-19(23-18(13)12-15)21(26)24-17-6-4-3-5-16(17)20(25)22-14-8-9-14/h3-7,10-12,14,23H,2,8-9H2,1H3,(H,22,25)(H,24,26). The molecule has 0 atom stereocenters. The summed E-state index contributed by atoms with van der Waals surface area (Å²) in [5.74, 6) is 0.295. The molecule has 3 N–H and O–H groups in total. The zero-order chi connectivity index (χ0) is 18.8. The summed E-state index contributed by atoms with van der Waals surface area (Å²) in [6.07, 6.45) is 2.03. The third-order valence-corrected chi connectivity index (χ3v) is 4.48. The highest BCUT2D eigenvalue weighted by molar-refractivity contribution is 6.09. The molecule has 0 unspecified atom stereocenters. The molecule has 3 aromatic rings. The zero-order valence-corrected chi connectivity index (χ0v) is 15.0. The van der Waals surface area contributed by atoms with Crippen LogP contribution >= 0.6 is 0 Å². The molecular formula is C21H21N3O3. The van der Waals surface area contributed by atoms with E-state index in [0.717, 1.165) is 29.5 Å². The van der Waals surface area contributed by atoms with Crippen LogP contribution in [0.1, 0.15) is 40.6 Å². The maximum Gasteiger partial charge on any atom is 0.272 e. The number of carbonyl (C=O) groups is 2. The van der Waals surface area contributed by atoms with Gasteiger partial charge in [-0.3, -0.25) is 9.59 Å². The van der Waals surface area contributed by atoms with Crippen LogP contribution in [0.25, 0.3) is 10.9 Å². The Labute approximate surface area is 156 Å². The number of hydrogen-bond acceptors (Lipinski definition) is 3. The van der Waals surface area contributed by atoms with Crippen molar-refractivity contribution in [3.05, 3.63) is 59.8 Å². The molecule has 1 aliphatic carbocycles. The molecule has 0 bridgehead atoms. The number of benzene rings is 2. The van der Waals surface area contributed by atoms with Crippen LogP contribution in [0.4, 0.5) is 5.69 Å². The van der Waals surface area contributed by atoms with E-state index in [1.165, 1.54) is 0 Å². The number of ether oxygens (including phenoxy) is 1. The van der Waals surface area contributed by atoms with Gasteiger partial charge in [0.1, 0.15) is 11.4 Å². The molecule has 1 aromatic heterocycles. The van der Waals surface area contributed by atoms with Gasteiger partial charge < -0.3 is 20.4 Å². The van der Waals surface area contributed by atoms with Gasteiger partial charge in [-0.25, -0.2) is 0 Å². The third-order valence-electron chi connectivity index (χ3n) is 4.48. The molecule has 138 valence electrons. The second-order valence-corrected chi connectivity index (χ2v) is 6.61. The van der Waals surface area contributed by atoms with Crippen molar-refractivity contribution in [2.45, 2.75) is 25.8 Å². The van der Waals surface area contributed by atoms with Crippen molar-refractivity contribution >= 4 is 28.4 Å². The SMILES string of the molecule is CCOc1ccc2cc(C(=O)Nc3ccccc3C(=O)NC3CC3)[nH]c2c1. The molecule has 1 saturated carbocycles. The van der Waals surface area contributed by atoms with Gasteiger partial charge in [0.05, 0.1) is 17.9 Å². The quantitative estimate of drug-likeness (QED) is 0.624. The van der Waals surface area contributed by atoms with Crippen molar-refractivity contribution in [3.63, 3.8) is 0 Å².